The summed E-state index contributed by atoms with van der Waals surface area (Å²) in [6.07, 6.45) is 0.832. The molecule has 0 heterocycles. The number of halogens is 1. The van der Waals surface area contributed by atoms with E-state index in [9.17, 15) is 17.6 Å². The van der Waals surface area contributed by atoms with Crippen LogP contribution >= 0.6 is 0 Å². The van der Waals surface area contributed by atoms with Gasteiger partial charge in [-0.3, -0.25) is 4.79 Å². The minimum absolute atomic E-state index is 0.149. The topological polar surface area (TPSA) is 78.2 Å². The molecule has 1 aromatic carbocycles. The summed E-state index contributed by atoms with van der Waals surface area (Å²) in [5.74, 6) is -1.45. The molecule has 0 bridgehead atoms. The Labute approximate surface area is 98.1 Å². The number of rotatable bonds is 2. The largest absolute Gasteiger partial charge is 0.274 e. The highest BCUT2D eigenvalue weighted by atomic mass is 32.2. The fourth-order valence-electron chi connectivity index (χ4n) is 1.36. The Morgan fingerprint density at radius 3 is 2.47 bits per heavy atom. The summed E-state index contributed by atoms with van der Waals surface area (Å²) in [5.41, 5.74) is -0.366. The van der Waals surface area contributed by atoms with Crippen molar-refractivity contribution in [3.8, 4) is 6.07 Å². The van der Waals surface area contributed by atoms with Crippen LogP contribution in [0.5, 0.6) is 0 Å². The van der Waals surface area contributed by atoms with Crippen LogP contribution in [0, 0.1) is 17.1 Å². The first-order valence-corrected chi connectivity index (χ1v) is 6.32. The highest BCUT2D eigenvalue weighted by molar-refractivity contribution is 7.92. The lowest BCUT2D eigenvalue weighted by Gasteiger charge is -2.19. The predicted molar refractivity (Wildman–Crippen MR) is 59.1 cm³/mol. The molecule has 0 aliphatic rings. The summed E-state index contributed by atoms with van der Waals surface area (Å²) >= 11 is 0. The van der Waals surface area contributed by atoms with Crippen LogP contribution in [0.2, 0.25) is 0 Å². The zero-order valence-electron chi connectivity index (χ0n) is 9.14. The quantitative estimate of drug-likeness (QED) is 0.791. The summed E-state index contributed by atoms with van der Waals surface area (Å²) in [5, 5.41) is 8.79. The Morgan fingerprint density at radius 2 is 2.06 bits per heavy atom. The van der Waals surface area contributed by atoms with Crippen molar-refractivity contribution in [1.29, 1.82) is 5.26 Å². The number of anilines is 1. The van der Waals surface area contributed by atoms with Crippen LogP contribution in [0.3, 0.4) is 0 Å². The molecule has 90 valence electrons. The number of carbonyl (C=O) groups is 1. The van der Waals surface area contributed by atoms with Gasteiger partial charge in [0.25, 0.3) is 0 Å². The van der Waals surface area contributed by atoms with Gasteiger partial charge < -0.3 is 0 Å². The minimum Gasteiger partial charge on any atom is -0.274 e. The first-order valence-electron chi connectivity index (χ1n) is 4.48. The number of nitriles is 1. The van der Waals surface area contributed by atoms with E-state index in [2.05, 4.69) is 0 Å². The van der Waals surface area contributed by atoms with Crippen molar-refractivity contribution in [2.75, 3.05) is 10.6 Å². The molecule has 5 nitrogen and oxygen atoms in total. The molecule has 0 radical (unpaired) electrons. The van der Waals surface area contributed by atoms with E-state index < -0.39 is 21.7 Å². The van der Waals surface area contributed by atoms with E-state index in [1.165, 1.54) is 0 Å². The van der Waals surface area contributed by atoms with E-state index in [1.807, 2.05) is 0 Å². The van der Waals surface area contributed by atoms with Crippen molar-refractivity contribution >= 4 is 21.6 Å². The molecular weight excluding hydrogens is 247 g/mol. The van der Waals surface area contributed by atoms with E-state index in [1.54, 1.807) is 6.07 Å². The fraction of sp³-hybridized carbons (Fsp3) is 0.200. The third-order valence-electron chi connectivity index (χ3n) is 1.92. The van der Waals surface area contributed by atoms with Gasteiger partial charge in [-0.25, -0.2) is 17.1 Å². The van der Waals surface area contributed by atoms with Crippen LogP contribution in [0.25, 0.3) is 0 Å². The van der Waals surface area contributed by atoms with Gasteiger partial charge in [0.2, 0.25) is 15.9 Å². The second-order valence-electron chi connectivity index (χ2n) is 3.32. The lowest BCUT2D eigenvalue weighted by Crippen LogP contribution is -2.34. The van der Waals surface area contributed by atoms with Gasteiger partial charge in [-0.15, -0.1) is 0 Å². The van der Waals surface area contributed by atoms with Gasteiger partial charge in [-0.2, -0.15) is 5.26 Å². The van der Waals surface area contributed by atoms with E-state index in [0.29, 0.717) is 4.31 Å². The van der Waals surface area contributed by atoms with E-state index in [0.717, 1.165) is 31.4 Å². The zero-order chi connectivity index (χ0) is 13.2. The zero-order valence-corrected chi connectivity index (χ0v) is 9.95. The Kier molecular flexibility index (Phi) is 3.48. The lowest BCUT2D eigenvalue weighted by atomic mass is 10.2. The molecule has 0 unspecified atom stereocenters. The minimum atomic E-state index is -3.85. The van der Waals surface area contributed by atoms with Gasteiger partial charge in [0, 0.05) is 6.92 Å². The van der Waals surface area contributed by atoms with Gasteiger partial charge in [0.05, 0.1) is 17.5 Å². The highest BCUT2D eigenvalue weighted by Crippen LogP contribution is 2.23. The third kappa shape index (κ3) is 2.79. The van der Waals surface area contributed by atoms with E-state index in [-0.39, 0.29) is 11.3 Å². The van der Waals surface area contributed by atoms with Crippen molar-refractivity contribution in [2.45, 2.75) is 6.92 Å². The number of nitrogens with zero attached hydrogens (tertiary/aromatic N) is 2. The third-order valence-corrected chi connectivity index (χ3v) is 3.03. The van der Waals surface area contributed by atoms with Crippen molar-refractivity contribution in [2.24, 2.45) is 0 Å². The maximum absolute atomic E-state index is 12.9. The summed E-state index contributed by atoms with van der Waals surface area (Å²) in [4.78, 5) is 11.3. The molecule has 0 aliphatic heterocycles. The number of benzene rings is 1. The molecular formula is C10H9FN2O3S. The van der Waals surface area contributed by atoms with Crippen LogP contribution in [0.15, 0.2) is 18.2 Å². The van der Waals surface area contributed by atoms with Gasteiger partial charge in [0.1, 0.15) is 11.9 Å². The average molecular weight is 256 g/mol. The van der Waals surface area contributed by atoms with Crippen molar-refractivity contribution < 1.29 is 17.6 Å². The highest BCUT2D eigenvalue weighted by Gasteiger charge is 2.24. The molecule has 1 amide bonds. The average Bonchev–Trinajstić information content (AvgIpc) is 2.17. The SMILES string of the molecule is CC(=O)N(c1ccc(F)cc1C#N)S(C)(=O)=O. The molecule has 0 saturated heterocycles. The Morgan fingerprint density at radius 1 is 1.47 bits per heavy atom. The molecule has 0 aromatic heterocycles. The number of amides is 1. The molecule has 0 fully saturated rings. The monoisotopic (exact) mass is 256 g/mol. The molecule has 0 atom stereocenters. The maximum atomic E-state index is 12.9. The van der Waals surface area contributed by atoms with Crippen LogP contribution in [-0.4, -0.2) is 20.6 Å². The van der Waals surface area contributed by atoms with E-state index >= 15 is 0 Å². The Hall–Kier alpha value is -1.94. The predicted octanol–water partition coefficient (Wildman–Crippen LogP) is 1.01. The second kappa shape index (κ2) is 4.51. The van der Waals surface area contributed by atoms with Crippen molar-refractivity contribution in [3.63, 3.8) is 0 Å². The normalized spacial score (nSPS) is 10.7. The standard InChI is InChI=1S/C10H9FN2O3S/c1-7(14)13(17(2,15)16)10-4-3-9(11)5-8(10)6-12/h3-5H,1-2H3. The number of hydrogen-bond donors (Lipinski definition) is 0. The van der Waals surface area contributed by atoms with Crippen LogP contribution in [0.1, 0.15) is 12.5 Å². The first kappa shape index (κ1) is 13.1. The molecule has 0 aliphatic carbocycles. The van der Waals surface area contributed by atoms with Gasteiger partial charge in [-0.05, 0) is 18.2 Å². The second-order valence-corrected chi connectivity index (χ2v) is 5.15. The van der Waals surface area contributed by atoms with Crippen molar-refractivity contribution in [3.05, 3.63) is 29.6 Å². The van der Waals surface area contributed by atoms with Crippen LogP contribution < -0.4 is 4.31 Å². The number of carbonyl (C=O) groups excluding carboxylic acids is 1. The molecule has 1 aromatic rings. The summed E-state index contributed by atoms with van der Waals surface area (Å²) in [7, 11) is -3.85. The number of hydrogen-bond acceptors (Lipinski definition) is 4. The molecule has 0 saturated carbocycles. The molecule has 17 heavy (non-hydrogen) atoms. The summed E-state index contributed by atoms with van der Waals surface area (Å²) in [6.45, 7) is 1.05. The summed E-state index contributed by atoms with van der Waals surface area (Å²) < 4.78 is 36.2. The molecule has 0 spiro atoms. The molecule has 0 N–H and O–H groups in total. The smallest absolute Gasteiger partial charge is 0.238 e. The Bertz CT molecular complexity index is 604. The van der Waals surface area contributed by atoms with E-state index in [4.69, 9.17) is 5.26 Å². The van der Waals surface area contributed by atoms with Crippen LogP contribution in [-0.2, 0) is 14.8 Å². The lowest BCUT2D eigenvalue weighted by molar-refractivity contribution is -0.115. The Balaban J connectivity index is 3.51. The fourth-order valence-corrected chi connectivity index (χ4v) is 2.34. The van der Waals surface area contributed by atoms with Gasteiger partial charge >= 0.3 is 0 Å². The van der Waals surface area contributed by atoms with Gasteiger partial charge in [0.15, 0.2) is 0 Å². The van der Waals surface area contributed by atoms with Gasteiger partial charge in [-0.1, -0.05) is 0 Å². The first-order chi connectivity index (χ1) is 7.77. The van der Waals surface area contributed by atoms with Crippen LogP contribution in [0.4, 0.5) is 10.1 Å². The summed E-state index contributed by atoms with van der Waals surface area (Å²) in [6, 6.07) is 4.58. The maximum Gasteiger partial charge on any atom is 0.238 e. The molecule has 1 rings (SSSR count). The molecule has 7 heteroatoms. The number of sulfonamides is 1. The van der Waals surface area contributed by atoms with Crippen molar-refractivity contribution in [1.82, 2.24) is 0 Å².